The largest absolute Gasteiger partial charge is 0.457 e. The van der Waals surface area contributed by atoms with E-state index in [9.17, 15) is 0 Å². The van der Waals surface area contributed by atoms with Gasteiger partial charge in [0, 0.05) is 6.54 Å². The molecule has 1 saturated heterocycles. The molecular weight excluding hydrogens is 296 g/mol. The Morgan fingerprint density at radius 3 is 2.29 bits per heavy atom. The van der Waals surface area contributed by atoms with Crippen LogP contribution in [0.1, 0.15) is 24.8 Å². The van der Waals surface area contributed by atoms with Crippen LogP contribution in [0.4, 0.5) is 0 Å². The molecule has 122 valence electrons. The van der Waals surface area contributed by atoms with Gasteiger partial charge < -0.3 is 4.74 Å². The Kier molecular flexibility index (Phi) is 4.00. The third-order valence-corrected chi connectivity index (χ3v) is 5.51. The number of ether oxygens (including phenoxy) is 1. The third-order valence-electron chi connectivity index (χ3n) is 5.51. The summed E-state index contributed by atoms with van der Waals surface area (Å²) >= 11 is 0. The van der Waals surface area contributed by atoms with Crippen molar-refractivity contribution in [2.75, 3.05) is 13.1 Å². The van der Waals surface area contributed by atoms with Crippen LogP contribution in [-0.2, 0) is 6.54 Å². The van der Waals surface area contributed by atoms with Gasteiger partial charge in [0.05, 0.1) is 12.0 Å². The van der Waals surface area contributed by atoms with Gasteiger partial charge in [0.25, 0.3) is 0 Å². The quantitative estimate of drug-likeness (QED) is 0.826. The average Bonchev–Trinajstić information content (AvgIpc) is 3.32. The van der Waals surface area contributed by atoms with Crippen molar-refractivity contribution in [3.8, 4) is 17.6 Å². The van der Waals surface area contributed by atoms with Crippen LogP contribution < -0.4 is 4.74 Å². The first-order chi connectivity index (χ1) is 11.8. The number of benzene rings is 2. The Hall–Kier alpha value is -2.31. The molecule has 24 heavy (non-hydrogen) atoms. The summed E-state index contributed by atoms with van der Waals surface area (Å²) in [5.74, 6) is 2.06. The lowest BCUT2D eigenvalue weighted by Gasteiger charge is -2.32. The third kappa shape index (κ3) is 3.16. The normalized spacial score (nSPS) is 22.0. The molecule has 0 aromatic heterocycles. The fraction of sp³-hybridized carbons (Fsp3) is 0.381. The van der Waals surface area contributed by atoms with Crippen molar-refractivity contribution in [3.63, 3.8) is 0 Å². The van der Waals surface area contributed by atoms with Gasteiger partial charge in [0.1, 0.15) is 11.5 Å². The van der Waals surface area contributed by atoms with Crippen LogP contribution in [0.15, 0.2) is 54.6 Å². The Morgan fingerprint density at radius 2 is 1.67 bits per heavy atom. The van der Waals surface area contributed by atoms with Crippen LogP contribution in [0.25, 0.3) is 0 Å². The number of para-hydroxylation sites is 1. The topological polar surface area (TPSA) is 36.3 Å². The highest BCUT2D eigenvalue weighted by molar-refractivity contribution is 5.33. The second-order valence-corrected chi connectivity index (χ2v) is 7.08. The lowest BCUT2D eigenvalue weighted by molar-refractivity contribution is 0.161. The second kappa shape index (κ2) is 6.30. The fourth-order valence-corrected chi connectivity index (χ4v) is 3.78. The van der Waals surface area contributed by atoms with E-state index in [1.165, 1.54) is 18.4 Å². The summed E-state index contributed by atoms with van der Waals surface area (Å²) in [5, 5.41) is 9.08. The molecule has 0 N–H and O–H groups in total. The van der Waals surface area contributed by atoms with Crippen molar-refractivity contribution in [2.24, 2.45) is 11.3 Å². The zero-order valence-electron chi connectivity index (χ0n) is 13.8. The van der Waals surface area contributed by atoms with E-state index < -0.39 is 0 Å². The number of rotatable bonds is 4. The van der Waals surface area contributed by atoms with Crippen LogP contribution >= 0.6 is 0 Å². The predicted octanol–water partition coefficient (Wildman–Crippen LogP) is 4.60. The summed E-state index contributed by atoms with van der Waals surface area (Å²) in [4.78, 5) is 2.51. The molecule has 1 atom stereocenters. The summed E-state index contributed by atoms with van der Waals surface area (Å²) in [5.41, 5.74) is 1.69. The molecule has 0 amide bonds. The molecule has 1 aliphatic carbocycles. The van der Waals surface area contributed by atoms with E-state index in [1.54, 1.807) is 0 Å². The van der Waals surface area contributed by atoms with Crippen LogP contribution in [0, 0.1) is 22.7 Å². The number of hydrogen-bond acceptors (Lipinski definition) is 3. The standard InChI is InChI=1S/C21H22N2O/c22-15-18-14-21(18)10-12-23(13-11-21)16-17-6-8-20(9-7-17)24-19-4-2-1-3-5-19/h1-9,18H,10-14,16H2. The van der Waals surface area contributed by atoms with E-state index in [0.29, 0.717) is 11.3 Å². The fourth-order valence-electron chi connectivity index (χ4n) is 3.78. The molecule has 1 aliphatic heterocycles. The maximum atomic E-state index is 9.08. The van der Waals surface area contributed by atoms with Crippen molar-refractivity contribution in [1.82, 2.24) is 4.90 Å². The first kappa shape index (κ1) is 15.2. The zero-order chi connectivity index (χ0) is 16.4. The summed E-state index contributed by atoms with van der Waals surface area (Å²) in [6, 6.07) is 20.7. The number of hydrogen-bond donors (Lipinski definition) is 0. The van der Waals surface area contributed by atoms with Gasteiger partial charge in [-0.2, -0.15) is 5.26 Å². The van der Waals surface area contributed by atoms with Gasteiger partial charge in [-0.1, -0.05) is 30.3 Å². The van der Waals surface area contributed by atoms with Crippen LogP contribution in [0.3, 0.4) is 0 Å². The molecule has 4 rings (SSSR count). The second-order valence-electron chi connectivity index (χ2n) is 7.08. The summed E-state index contributed by atoms with van der Waals surface area (Å²) in [7, 11) is 0. The van der Waals surface area contributed by atoms with Crippen LogP contribution in [0.2, 0.25) is 0 Å². The average molecular weight is 318 g/mol. The Balaban J connectivity index is 1.31. The van der Waals surface area contributed by atoms with Crippen LogP contribution in [-0.4, -0.2) is 18.0 Å². The first-order valence-electron chi connectivity index (χ1n) is 8.71. The minimum absolute atomic E-state index is 0.328. The molecular formula is C21H22N2O. The molecule has 2 aromatic carbocycles. The molecule has 0 bridgehead atoms. The minimum Gasteiger partial charge on any atom is -0.457 e. The van der Waals surface area contributed by atoms with Gasteiger partial charge in [-0.25, -0.2) is 0 Å². The molecule has 2 aliphatic rings. The molecule has 2 aromatic rings. The van der Waals surface area contributed by atoms with Gasteiger partial charge in [0.2, 0.25) is 0 Å². The number of piperidine rings is 1. The van der Waals surface area contributed by atoms with E-state index in [2.05, 4.69) is 23.1 Å². The summed E-state index contributed by atoms with van der Waals surface area (Å²) < 4.78 is 5.84. The lowest BCUT2D eigenvalue weighted by Crippen LogP contribution is -2.34. The smallest absolute Gasteiger partial charge is 0.127 e. The maximum absolute atomic E-state index is 9.08. The molecule has 1 spiro atoms. The zero-order valence-corrected chi connectivity index (χ0v) is 13.8. The number of nitriles is 1. The van der Waals surface area contributed by atoms with Crippen molar-refractivity contribution >= 4 is 0 Å². The van der Waals surface area contributed by atoms with E-state index >= 15 is 0 Å². The van der Waals surface area contributed by atoms with Gasteiger partial charge >= 0.3 is 0 Å². The van der Waals surface area contributed by atoms with E-state index in [1.807, 2.05) is 42.5 Å². The first-order valence-corrected chi connectivity index (χ1v) is 8.71. The van der Waals surface area contributed by atoms with Crippen molar-refractivity contribution in [2.45, 2.75) is 25.8 Å². The molecule has 3 nitrogen and oxygen atoms in total. The Labute approximate surface area is 143 Å². The van der Waals surface area contributed by atoms with Gasteiger partial charge in [-0.05, 0) is 67.6 Å². The van der Waals surface area contributed by atoms with E-state index in [4.69, 9.17) is 10.00 Å². The minimum atomic E-state index is 0.328. The highest BCUT2D eigenvalue weighted by atomic mass is 16.5. The molecule has 3 heteroatoms. The van der Waals surface area contributed by atoms with E-state index in [-0.39, 0.29) is 0 Å². The number of nitrogens with zero attached hydrogens (tertiary/aromatic N) is 2. The summed E-state index contributed by atoms with van der Waals surface area (Å²) in [6.45, 7) is 3.21. The summed E-state index contributed by atoms with van der Waals surface area (Å²) in [6.07, 6.45) is 3.49. The lowest BCUT2D eigenvalue weighted by atomic mass is 9.91. The SMILES string of the molecule is N#CC1CC12CCN(Cc1ccc(Oc3ccccc3)cc1)CC2. The van der Waals surface area contributed by atoms with Crippen molar-refractivity contribution in [3.05, 3.63) is 60.2 Å². The molecule has 1 unspecified atom stereocenters. The van der Waals surface area contributed by atoms with Crippen molar-refractivity contribution in [1.29, 1.82) is 5.26 Å². The Bertz CT molecular complexity index is 725. The van der Waals surface area contributed by atoms with Gasteiger partial charge in [-0.3, -0.25) is 4.90 Å². The van der Waals surface area contributed by atoms with E-state index in [0.717, 1.165) is 37.6 Å². The van der Waals surface area contributed by atoms with Gasteiger partial charge in [0.15, 0.2) is 0 Å². The highest BCUT2D eigenvalue weighted by Crippen LogP contribution is 2.58. The maximum Gasteiger partial charge on any atom is 0.127 e. The number of likely N-dealkylation sites (tertiary alicyclic amines) is 1. The van der Waals surface area contributed by atoms with Crippen LogP contribution in [0.5, 0.6) is 11.5 Å². The van der Waals surface area contributed by atoms with Gasteiger partial charge in [-0.15, -0.1) is 0 Å². The Morgan fingerprint density at radius 1 is 1.00 bits per heavy atom. The molecule has 1 heterocycles. The monoisotopic (exact) mass is 318 g/mol. The predicted molar refractivity (Wildman–Crippen MR) is 93.6 cm³/mol. The highest BCUT2D eigenvalue weighted by Gasteiger charge is 2.55. The van der Waals surface area contributed by atoms with Crippen molar-refractivity contribution < 1.29 is 4.74 Å². The molecule has 2 fully saturated rings. The molecule has 1 saturated carbocycles. The molecule has 0 radical (unpaired) electrons.